The van der Waals surface area contributed by atoms with Gasteiger partial charge in [-0.15, -0.1) is 24.2 Å². The Morgan fingerprint density at radius 1 is 1.11 bits per heavy atom. The number of rotatable bonds is 5. The van der Waals surface area contributed by atoms with Crippen LogP contribution in [0, 0.1) is 13.8 Å². The molecule has 6 heteroatoms. The minimum atomic E-state index is -0.409. The van der Waals surface area contributed by atoms with Gasteiger partial charge in [0.15, 0.2) is 5.82 Å². The predicted molar refractivity (Wildman–Crippen MR) is 111 cm³/mol. The lowest BCUT2D eigenvalue weighted by Crippen LogP contribution is -2.44. The minimum absolute atomic E-state index is 0. The summed E-state index contributed by atoms with van der Waals surface area (Å²) in [4.78, 5) is 5.92. The lowest BCUT2D eigenvalue weighted by molar-refractivity contribution is 0.229. The van der Waals surface area contributed by atoms with Gasteiger partial charge in [-0.1, -0.05) is 53.2 Å². The van der Waals surface area contributed by atoms with Crippen molar-refractivity contribution in [2.75, 3.05) is 0 Å². The number of halogens is 1. The highest BCUT2D eigenvalue weighted by Crippen LogP contribution is 2.43. The average Bonchev–Trinajstić information content (AvgIpc) is 3.10. The molecule has 1 saturated carbocycles. The topological polar surface area (TPSA) is 64.9 Å². The molecule has 3 aromatic rings. The molecule has 1 heterocycles. The smallest absolute Gasteiger partial charge is 0.244 e. The maximum Gasteiger partial charge on any atom is 0.244 e. The summed E-state index contributed by atoms with van der Waals surface area (Å²) in [6.07, 6.45) is 2.97. The van der Waals surface area contributed by atoms with E-state index in [4.69, 9.17) is 15.2 Å². The van der Waals surface area contributed by atoms with E-state index in [2.05, 4.69) is 49.3 Å². The Bertz CT molecular complexity index is 909. The molecule has 0 radical (unpaired) electrons. The van der Waals surface area contributed by atoms with Gasteiger partial charge in [-0.2, -0.15) is 4.98 Å². The van der Waals surface area contributed by atoms with Crippen LogP contribution in [0.3, 0.4) is 0 Å². The highest BCUT2D eigenvalue weighted by molar-refractivity contribution is 7.99. The van der Waals surface area contributed by atoms with Gasteiger partial charge in [-0.25, -0.2) is 0 Å². The molecule has 0 spiro atoms. The van der Waals surface area contributed by atoms with Crippen LogP contribution in [0.5, 0.6) is 0 Å². The maximum atomic E-state index is 6.38. The van der Waals surface area contributed by atoms with Crippen molar-refractivity contribution in [3.8, 4) is 0 Å². The monoisotopic (exact) mass is 401 g/mol. The summed E-state index contributed by atoms with van der Waals surface area (Å²) >= 11 is 1.74. The van der Waals surface area contributed by atoms with Gasteiger partial charge < -0.3 is 10.3 Å². The molecule has 1 unspecified atom stereocenters. The molecule has 0 amide bonds. The number of aromatic nitrogens is 2. The first-order valence-electron chi connectivity index (χ1n) is 8.97. The van der Waals surface area contributed by atoms with E-state index in [1.165, 1.54) is 16.0 Å². The van der Waals surface area contributed by atoms with E-state index in [0.717, 1.165) is 24.8 Å². The number of nitrogens with two attached hydrogens (primary N) is 1. The van der Waals surface area contributed by atoms with E-state index in [0.29, 0.717) is 11.7 Å². The van der Waals surface area contributed by atoms with Crippen LogP contribution in [0.15, 0.2) is 57.9 Å². The molecular weight excluding hydrogens is 378 g/mol. The van der Waals surface area contributed by atoms with Gasteiger partial charge >= 0.3 is 0 Å². The third kappa shape index (κ3) is 4.05. The third-order valence-corrected chi connectivity index (χ3v) is 6.46. The summed E-state index contributed by atoms with van der Waals surface area (Å²) < 4.78 is 5.68. The van der Waals surface area contributed by atoms with Crippen LogP contribution in [0.25, 0.3) is 0 Å². The summed E-state index contributed by atoms with van der Waals surface area (Å²) in [5.74, 6) is 1.26. The fourth-order valence-corrected chi connectivity index (χ4v) is 4.41. The Labute approximate surface area is 170 Å². The normalized spacial score (nSPS) is 16.3. The fraction of sp³-hybridized carbons (Fsp3) is 0.333. The summed E-state index contributed by atoms with van der Waals surface area (Å²) in [5, 5.41) is 4.16. The molecule has 1 aromatic heterocycles. The van der Waals surface area contributed by atoms with Gasteiger partial charge in [0.1, 0.15) is 5.25 Å². The summed E-state index contributed by atoms with van der Waals surface area (Å²) in [7, 11) is 0. The highest BCUT2D eigenvalue weighted by atomic mass is 35.5. The first-order valence-corrected chi connectivity index (χ1v) is 9.85. The second-order valence-corrected chi connectivity index (χ2v) is 8.29. The standard InChI is InChI=1S/C21H23N3OS.ClH/c1-14-9-10-17(15(2)13-14)26-18(16-7-4-3-5-8-16)19-23-20(24-25-19)21(22)11-6-12-21;/h3-5,7-10,13,18H,6,11-12,22H2,1-2H3;1H. The molecule has 4 nitrogen and oxygen atoms in total. The van der Waals surface area contributed by atoms with E-state index in [1.807, 2.05) is 18.2 Å². The SMILES string of the molecule is Cc1ccc(SC(c2ccccc2)c2nc(C3(N)CCC3)no2)c(C)c1.Cl. The minimum Gasteiger partial charge on any atom is -0.338 e. The van der Waals surface area contributed by atoms with Crippen LogP contribution in [0.2, 0.25) is 0 Å². The van der Waals surface area contributed by atoms with Crippen LogP contribution >= 0.6 is 24.2 Å². The zero-order valence-corrected chi connectivity index (χ0v) is 17.1. The van der Waals surface area contributed by atoms with Gasteiger partial charge in [0.2, 0.25) is 5.89 Å². The number of benzene rings is 2. The molecule has 1 aliphatic carbocycles. The number of hydrogen-bond donors (Lipinski definition) is 1. The zero-order chi connectivity index (χ0) is 18.1. The van der Waals surface area contributed by atoms with Crippen molar-refractivity contribution in [2.24, 2.45) is 5.73 Å². The van der Waals surface area contributed by atoms with E-state index < -0.39 is 5.54 Å². The van der Waals surface area contributed by atoms with Gasteiger partial charge in [0, 0.05) is 4.90 Å². The van der Waals surface area contributed by atoms with Crippen LogP contribution in [0.1, 0.15) is 52.9 Å². The van der Waals surface area contributed by atoms with Crippen LogP contribution in [-0.4, -0.2) is 10.1 Å². The van der Waals surface area contributed by atoms with E-state index in [9.17, 15) is 0 Å². The molecule has 1 atom stereocenters. The molecule has 27 heavy (non-hydrogen) atoms. The molecule has 0 saturated heterocycles. The molecule has 4 rings (SSSR count). The largest absolute Gasteiger partial charge is 0.338 e. The lowest BCUT2D eigenvalue weighted by Gasteiger charge is -2.34. The average molecular weight is 402 g/mol. The van der Waals surface area contributed by atoms with Crippen molar-refractivity contribution in [2.45, 2.75) is 48.8 Å². The van der Waals surface area contributed by atoms with Gasteiger partial charge in [-0.05, 0) is 50.3 Å². The highest BCUT2D eigenvalue weighted by Gasteiger charge is 2.39. The zero-order valence-electron chi connectivity index (χ0n) is 15.5. The summed E-state index contributed by atoms with van der Waals surface area (Å²) in [5.41, 5.74) is 9.63. The van der Waals surface area contributed by atoms with Gasteiger partial charge in [0.05, 0.1) is 5.54 Å². The number of aryl methyl sites for hydroxylation is 2. The summed E-state index contributed by atoms with van der Waals surface area (Å²) in [6.45, 7) is 4.25. The van der Waals surface area contributed by atoms with Crippen LogP contribution in [0.4, 0.5) is 0 Å². The molecule has 0 bridgehead atoms. The molecule has 1 fully saturated rings. The van der Waals surface area contributed by atoms with Crippen molar-refractivity contribution in [3.05, 3.63) is 76.9 Å². The van der Waals surface area contributed by atoms with Crippen molar-refractivity contribution < 1.29 is 4.52 Å². The number of thioether (sulfide) groups is 1. The van der Waals surface area contributed by atoms with Crippen LogP contribution in [-0.2, 0) is 5.54 Å². The Hall–Kier alpha value is -1.82. The Kier molecular flexibility index (Phi) is 5.94. The van der Waals surface area contributed by atoms with Crippen molar-refractivity contribution in [1.82, 2.24) is 10.1 Å². The Morgan fingerprint density at radius 2 is 1.85 bits per heavy atom. The lowest BCUT2D eigenvalue weighted by atomic mass is 9.77. The molecule has 2 aromatic carbocycles. The molecule has 0 aliphatic heterocycles. The van der Waals surface area contributed by atoms with Crippen molar-refractivity contribution >= 4 is 24.2 Å². The van der Waals surface area contributed by atoms with E-state index in [1.54, 1.807) is 11.8 Å². The Balaban J connectivity index is 0.00000210. The second-order valence-electron chi connectivity index (χ2n) is 7.14. The van der Waals surface area contributed by atoms with E-state index in [-0.39, 0.29) is 17.7 Å². The fourth-order valence-electron chi connectivity index (χ4n) is 3.27. The molecule has 1 aliphatic rings. The predicted octanol–water partition coefficient (Wildman–Crippen LogP) is 5.33. The number of nitrogens with zero attached hydrogens (tertiary/aromatic N) is 2. The second kappa shape index (κ2) is 8.05. The first-order chi connectivity index (χ1) is 12.5. The van der Waals surface area contributed by atoms with Crippen molar-refractivity contribution in [1.29, 1.82) is 0 Å². The van der Waals surface area contributed by atoms with Gasteiger partial charge in [0.25, 0.3) is 0 Å². The summed E-state index contributed by atoms with van der Waals surface area (Å²) in [6, 6.07) is 16.8. The molecule has 2 N–H and O–H groups in total. The quantitative estimate of drug-likeness (QED) is 0.585. The molecule has 142 valence electrons. The van der Waals surface area contributed by atoms with Crippen LogP contribution < -0.4 is 5.73 Å². The Morgan fingerprint density at radius 3 is 2.48 bits per heavy atom. The maximum absolute atomic E-state index is 6.38. The number of hydrogen-bond acceptors (Lipinski definition) is 5. The van der Waals surface area contributed by atoms with Gasteiger partial charge in [-0.3, -0.25) is 0 Å². The van der Waals surface area contributed by atoms with E-state index >= 15 is 0 Å². The first kappa shape index (κ1) is 19.9. The van der Waals surface area contributed by atoms with Crippen molar-refractivity contribution in [3.63, 3.8) is 0 Å². The molecular formula is C21H24ClN3OS. The third-order valence-electron chi connectivity index (χ3n) is 5.03.